The number of methoxy groups -OCH3 is 1. The van der Waals surface area contributed by atoms with Crippen LogP contribution in [-0.2, 0) is 17.7 Å². The maximum Gasteiger partial charge on any atom is 0.164 e. The van der Waals surface area contributed by atoms with Crippen LogP contribution in [0.2, 0.25) is 0 Å². The Kier molecular flexibility index (Phi) is 6.38. The Hall–Kier alpha value is -4.08. The number of hydrogen-bond acceptors (Lipinski definition) is 7. The van der Waals surface area contributed by atoms with Crippen LogP contribution in [-0.4, -0.2) is 67.4 Å². The van der Waals surface area contributed by atoms with Crippen LogP contribution in [0.1, 0.15) is 22.6 Å². The normalized spacial score (nSPS) is 14.3. The average molecular weight is 496 g/mol. The summed E-state index contributed by atoms with van der Waals surface area (Å²) in [6.07, 6.45) is 6.29. The monoisotopic (exact) mass is 495 g/mol. The fraction of sp³-hybridized carbons (Fsp3) is 0.286. The maximum atomic E-state index is 5.71. The SMILES string of the molecule is COc1cc(Cc2nc3c(CN4CCOCC4)cnc(-c4ccccc4)n3n2)ccc1-n1cnc(C)c1. The van der Waals surface area contributed by atoms with E-state index in [0.29, 0.717) is 6.42 Å². The molecule has 0 aliphatic carbocycles. The van der Waals surface area contributed by atoms with Crippen molar-refractivity contribution in [2.24, 2.45) is 0 Å². The molecule has 0 amide bonds. The molecule has 0 radical (unpaired) electrons. The van der Waals surface area contributed by atoms with Crippen LogP contribution >= 0.6 is 0 Å². The van der Waals surface area contributed by atoms with Gasteiger partial charge in [-0.3, -0.25) is 4.90 Å². The molecule has 2 aromatic carbocycles. The predicted octanol–water partition coefficient (Wildman–Crippen LogP) is 3.72. The van der Waals surface area contributed by atoms with Crippen LogP contribution in [0.15, 0.2) is 67.3 Å². The molecule has 0 saturated carbocycles. The van der Waals surface area contributed by atoms with Crippen molar-refractivity contribution in [2.75, 3.05) is 33.4 Å². The van der Waals surface area contributed by atoms with E-state index in [1.165, 1.54) is 0 Å². The minimum absolute atomic E-state index is 0.576. The van der Waals surface area contributed by atoms with Crippen LogP contribution in [0.5, 0.6) is 5.75 Å². The molecule has 188 valence electrons. The smallest absolute Gasteiger partial charge is 0.164 e. The van der Waals surface area contributed by atoms with Crippen molar-refractivity contribution in [2.45, 2.75) is 19.9 Å². The summed E-state index contributed by atoms with van der Waals surface area (Å²) in [5, 5.41) is 4.92. The van der Waals surface area contributed by atoms with Crippen LogP contribution in [0.4, 0.5) is 0 Å². The highest BCUT2D eigenvalue weighted by Gasteiger charge is 2.19. The van der Waals surface area contributed by atoms with E-state index >= 15 is 0 Å². The van der Waals surface area contributed by atoms with Gasteiger partial charge in [0.2, 0.25) is 0 Å². The summed E-state index contributed by atoms with van der Waals surface area (Å²) in [5.41, 5.74) is 5.87. The van der Waals surface area contributed by atoms with Crippen LogP contribution < -0.4 is 4.74 Å². The van der Waals surface area contributed by atoms with Gasteiger partial charge in [0.25, 0.3) is 0 Å². The molecular formula is C28H29N7O2. The first-order chi connectivity index (χ1) is 18.2. The molecule has 6 rings (SSSR count). The number of nitrogens with zero attached hydrogens (tertiary/aromatic N) is 7. The lowest BCUT2D eigenvalue weighted by atomic mass is 10.1. The molecule has 0 unspecified atom stereocenters. The minimum Gasteiger partial charge on any atom is -0.495 e. The van der Waals surface area contributed by atoms with E-state index in [4.69, 9.17) is 24.5 Å². The first-order valence-electron chi connectivity index (χ1n) is 12.4. The Morgan fingerprint density at radius 2 is 1.86 bits per heavy atom. The van der Waals surface area contributed by atoms with Gasteiger partial charge in [-0.15, -0.1) is 5.10 Å². The molecule has 0 N–H and O–H groups in total. The second-order valence-corrected chi connectivity index (χ2v) is 9.23. The lowest BCUT2D eigenvalue weighted by Gasteiger charge is -2.26. The summed E-state index contributed by atoms with van der Waals surface area (Å²) in [5.74, 6) is 2.29. The number of rotatable bonds is 7. The zero-order valence-electron chi connectivity index (χ0n) is 21.0. The van der Waals surface area contributed by atoms with Gasteiger partial charge in [0.1, 0.15) is 5.75 Å². The van der Waals surface area contributed by atoms with Gasteiger partial charge in [0.15, 0.2) is 17.3 Å². The number of morpholine rings is 1. The zero-order valence-corrected chi connectivity index (χ0v) is 21.0. The minimum atomic E-state index is 0.576. The van der Waals surface area contributed by atoms with E-state index in [1.807, 2.05) is 70.9 Å². The molecule has 5 aromatic rings. The van der Waals surface area contributed by atoms with Crippen molar-refractivity contribution in [1.82, 2.24) is 34.0 Å². The number of aromatic nitrogens is 6. The Morgan fingerprint density at radius 3 is 2.62 bits per heavy atom. The van der Waals surface area contributed by atoms with Gasteiger partial charge in [0, 0.05) is 49.6 Å². The first kappa shape index (κ1) is 23.3. The highest BCUT2D eigenvalue weighted by molar-refractivity contribution is 5.60. The fourth-order valence-corrected chi connectivity index (χ4v) is 4.71. The second-order valence-electron chi connectivity index (χ2n) is 9.23. The maximum absolute atomic E-state index is 5.71. The van der Waals surface area contributed by atoms with E-state index in [1.54, 1.807) is 13.4 Å². The third kappa shape index (κ3) is 4.83. The summed E-state index contributed by atoms with van der Waals surface area (Å²) in [7, 11) is 1.69. The third-order valence-corrected chi connectivity index (χ3v) is 6.61. The molecule has 1 fully saturated rings. The van der Waals surface area contributed by atoms with E-state index in [-0.39, 0.29) is 0 Å². The second kappa shape index (κ2) is 10.1. The number of aryl methyl sites for hydroxylation is 1. The highest BCUT2D eigenvalue weighted by Crippen LogP contribution is 2.26. The highest BCUT2D eigenvalue weighted by atomic mass is 16.5. The van der Waals surface area contributed by atoms with E-state index < -0.39 is 0 Å². The summed E-state index contributed by atoms with van der Waals surface area (Å²) in [6, 6.07) is 16.3. The van der Waals surface area contributed by atoms with Crippen molar-refractivity contribution in [1.29, 1.82) is 0 Å². The molecule has 37 heavy (non-hydrogen) atoms. The Labute approximate surface area is 215 Å². The summed E-state index contributed by atoms with van der Waals surface area (Å²) in [4.78, 5) is 16.5. The number of fused-ring (bicyclic) bond motifs is 1. The average Bonchev–Trinajstić information content (AvgIpc) is 3.56. The summed E-state index contributed by atoms with van der Waals surface area (Å²) >= 11 is 0. The largest absolute Gasteiger partial charge is 0.495 e. The van der Waals surface area contributed by atoms with Crippen molar-refractivity contribution in [3.63, 3.8) is 0 Å². The molecule has 1 saturated heterocycles. The van der Waals surface area contributed by atoms with Gasteiger partial charge in [-0.25, -0.2) is 15.0 Å². The molecule has 1 aliphatic rings. The van der Waals surface area contributed by atoms with Crippen LogP contribution in [0.3, 0.4) is 0 Å². The van der Waals surface area contributed by atoms with E-state index in [9.17, 15) is 0 Å². The van der Waals surface area contributed by atoms with Crippen molar-refractivity contribution in [3.8, 4) is 22.8 Å². The first-order valence-corrected chi connectivity index (χ1v) is 12.4. The molecule has 9 nitrogen and oxygen atoms in total. The van der Waals surface area contributed by atoms with Gasteiger partial charge in [0.05, 0.1) is 38.0 Å². The molecular weight excluding hydrogens is 466 g/mol. The number of imidazole rings is 1. The number of hydrogen-bond donors (Lipinski definition) is 0. The predicted molar refractivity (Wildman–Crippen MR) is 140 cm³/mol. The number of benzene rings is 2. The molecule has 0 bridgehead atoms. The van der Waals surface area contributed by atoms with Gasteiger partial charge in [-0.2, -0.15) is 4.52 Å². The van der Waals surface area contributed by atoms with Gasteiger partial charge < -0.3 is 14.0 Å². The van der Waals surface area contributed by atoms with Crippen LogP contribution in [0, 0.1) is 6.92 Å². The summed E-state index contributed by atoms with van der Waals surface area (Å²) in [6.45, 7) is 6.03. The van der Waals surface area contributed by atoms with Gasteiger partial charge >= 0.3 is 0 Å². The fourth-order valence-electron chi connectivity index (χ4n) is 4.71. The quantitative estimate of drug-likeness (QED) is 0.340. The lowest BCUT2D eigenvalue weighted by molar-refractivity contribution is 0.0342. The molecule has 9 heteroatoms. The Morgan fingerprint density at radius 1 is 1.03 bits per heavy atom. The molecule has 4 heterocycles. The molecule has 0 atom stereocenters. The standard InChI is InChI=1S/C28H29N7O2/c1-20-17-34(19-30-20)24-9-8-21(14-25(24)36-2)15-26-31-28-23(18-33-10-12-37-13-11-33)16-29-27(35(28)32-26)22-6-4-3-5-7-22/h3-9,14,16-17,19H,10-13,15,18H2,1-2H3. The topological polar surface area (TPSA) is 82.6 Å². The van der Waals surface area contributed by atoms with Gasteiger partial charge in [-0.1, -0.05) is 36.4 Å². The Balaban J connectivity index is 1.36. The van der Waals surface area contributed by atoms with E-state index in [0.717, 1.165) is 84.0 Å². The van der Waals surface area contributed by atoms with E-state index in [2.05, 4.69) is 16.0 Å². The molecule has 0 spiro atoms. The molecule has 1 aliphatic heterocycles. The Bertz CT molecular complexity index is 1520. The van der Waals surface area contributed by atoms with Crippen LogP contribution in [0.25, 0.3) is 22.7 Å². The summed E-state index contributed by atoms with van der Waals surface area (Å²) < 4.78 is 15.1. The molecule has 3 aromatic heterocycles. The number of ether oxygens (including phenoxy) is 2. The lowest BCUT2D eigenvalue weighted by Crippen LogP contribution is -2.35. The third-order valence-electron chi connectivity index (χ3n) is 6.61. The van der Waals surface area contributed by atoms with Gasteiger partial charge in [-0.05, 0) is 24.6 Å². The van der Waals surface area contributed by atoms with Crippen molar-refractivity contribution in [3.05, 3.63) is 89.9 Å². The van der Waals surface area contributed by atoms with Crippen molar-refractivity contribution >= 4 is 5.65 Å². The zero-order chi connectivity index (χ0) is 25.2. The van der Waals surface area contributed by atoms with Crippen molar-refractivity contribution < 1.29 is 9.47 Å².